The summed E-state index contributed by atoms with van der Waals surface area (Å²) >= 11 is 0. The number of hydrogen-bond donors (Lipinski definition) is 0. The molecule has 0 bridgehead atoms. The van der Waals surface area contributed by atoms with Gasteiger partial charge in [0.25, 0.3) is 0 Å². The second kappa shape index (κ2) is 12.7. The number of fused-ring (bicyclic) bond motifs is 2. The van der Waals surface area contributed by atoms with E-state index < -0.39 is 0 Å². The van der Waals surface area contributed by atoms with Gasteiger partial charge >= 0.3 is 0 Å². The summed E-state index contributed by atoms with van der Waals surface area (Å²) < 4.78 is 0. The van der Waals surface area contributed by atoms with E-state index in [1.54, 1.807) is 0 Å². The van der Waals surface area contributed by atoms with E-state index in [0.717, 1.165) is 12.8 Å². The average molecular weight is 629 g/mol. The second-order valence-corrected chi connectivity index (χ2v) is 14.6. The van der Waals surface area contributed by atoms with Gasteiger partial charge in [-0.25, -0.2) is 0 Å². The molecule has 5 aromatic rings. The summed E-state index contributed by atoms with van der Waals surface area (Å²) in [7, 11) is 0. The van der Waals surface area contributed by atoms with Gasteiger partial charge in [-0.2, -0.15) is 0 Å². The summed E-state index contributed by atoms with van der Waals surface area (Å²) in [6, 6.07) is 32.4. The molecule has 0 saturated heterocycles. The van der Waals surface area contributed by atoms with Gasteiger partial charge in [0.15, 0.2) is 0 Å². The summed E-state index contributed by atoms with van der Waals surface area (Å²) in [6.07, 6.45) is 11.8. The van der Waals surface area contributed by atoms with Crippen LogP contribution in [0.3, 0.4) is 0 Å². The standard InChI is InChI=1S/C46H48N2/c1-29-17-30(2)22-37(21-29)47(38-23-31(3)18-32(4)24-38)45-41-13-9-11-15-43(41)46(44-16-12-10-14-42(44)45)48(39-25-33(5)19-34(6)26-39)40-27-35(7)20-36(8)28-40/h9-19,21-23,25-28,35,38H,20,24H2,1-8H3. The van der Waals surface area contributed by atoms with E-state index in [4.69, 9.17) is 0 Å². The molecular weight excluding hydrogens is 581 g/mol. The molecule has 0 aliphatic heterocycles. The molecule has 0 radical (unpaired) electrons. The SMILES string of the molecule is CC1=CC(N(c2cc(C)cc(C)c2)c2c3ccccc3c(N(C3=CC(C)CC(C)=C3)c3cc(C)cc(C)c3)c3ccccc23)CC(C)=C1. The number of rotatable bonds is 6. The largest absolute Gasteiger partial charge is 0.333 e. The van der Waals surface area contributed by atoms with Crippen molar-refractivity contribution in [3.05, 3.63) is 154 Å². The lowest BCUT2D eigenvalue weighted by molar-refractivity contribution is 0.697. The van der Waals surface area contributed by atoms with Crippen LogP contribution in [0.5, 0.6) is 0 Å². The predicted octanol–water partition coefficient (Wildman–Crippen LogP) is 13.0. The van der Waals surface area contributed by atoms with Crippen LogP contribution in [0, 0.1) is 33.6 Å². The molecule has 0 aromatic heterocycles. The summed E-state index contributed by atoms with van der Waals surface area (Å²) in [4.78, 5) is 5.19. The Morgan fingerprint density at radius 3 is 1.50 bits per heavy atom. The molecule has 242 valence electrons. The fraction of sp³-hybridized carbons (Fsp3) is 0.261. The van der Waals surface area contributed by atoms with Crippen molar-refractivity contribution in [3.63, 3.8) is 0 Å². The predicted molar refractivity (Wildman–Crippen MR) is 209 cm³/mol. The van der Waals surface area contributed by atoms with E-state index in [1.165, 1.54) is 89.0 Å². The van der Waals surface area contributed by atoms with E-state index in [-0.39, 0.29) is 6.04 Å². The van der Waals surface area contributed by atoms with Gasteiger partial charge in [-0.05, 0) is 120 Å². The van der Waals surface area contributed by atoms with Gasteiger partial charge in [-0.15, -0.1) is 0 Å². The highest BCUT2D eigenvalue weighted by atomic mass is 15.2. The number of hydrogen-bond acceptors (Lipinski definition) is 2. The van der Waals surface area contributed by atoms with E-state index in [9.17, 15) is 0 Å². The van der Waals surface area contributed by atoms with E-state index in [0.29, 0.717) is 5.92 Å². The third kappa shape index (κ3) is 6.01. The van der Waals surface area contributed by atoms with Crippen molar-refractivity contribution in [2.75, 3.05) is 9.80 Å². The van der Waals surface area contributed by atoms with E-state index >= 15 is 0 Å². The van der Waals surface area contributed by atoms with Crippen LogP contribution >= 0.6 is 0 Å². The highest BCUT2D eigenvalue weighted by Gasteiger charge is 2.29. The van der Waals surface area contributed by atoms with Crippen molar-refractivity contribution < 1.29 is 0 Å². The molecule has 0 spiro atoms. The van der Waals surface area contributed by atoms with Gasteiger partial charge < -0.3 is 9.80 Å². The van der Waals surface area contributed by atoms with Crippen LogP contribution < -0.4 is 9.80 Å². The maximum atomic E-state index is 2.64. The van der Waals surface area contributed by atoms with Gasteiger partial charge in [0.1, 0.15) is 0 Å². The summed E-state index contributed by atoms with van der Waals surface area (Å²) in [5, 5.41) is 5.05. The molecule has 7 rings (SSSR count). The van der Waals surface area contributed by atoms with Crippen molar-refractivity contribution in [2.24, 2.45) is 5.92 Å². The van der Waals surface area contributed by atoms with Crippen LogP contribution in [0.25, 0.3) is 21.5 Å². The third-order valence-electron chi connectivity index (χ3n) is 9.83. The average Bonchev–Trinajstić information content (AvgIpc) is 3.00. The molecule has 2 aliphatic carbocycles. The van der Waals surface area contributed by atoms with Crippen LogP contribution in [0.15, 0.2) is 132 Å². The molecule has 2 aliphatic rings. The Labute approximate surface area is 287 Å². The van der Waals surface area contributed by atoms with Gasteiger partial charge in [-0.3, -0.25) is 0 Å². The minimum Gasteiger partial charge on any atom is -0.333 e. The Hall–Kier alpha value is -4.82. The lowest BCUT2D eigenvalue weighted by atomic mass is 9.90. The quantitative estimate of drug-likeness (QED) is 0.136. The van der Waals surface area contributed by atoms with Gasteiger partial charge in [-0.1, -0.05) is 103 Å². The zero-order valence-corrected chi connectivity index (χ0v) is 29.9. The minimum atomic E-state index is 0.192. The molecule has 2 unspecified atom stereocenters. The van der Waals surface area contributed by atoms with Crippen molar-refractivity contribution in [1.82, 2.24) is 0 Å². The van der Waals surface area contributed by atoms with Gasteiger partial charge in [0.05, 0.1) is 17.4 Å². The smallest absolute Gasteiger partial charge is 0.0619 e. The normalized spacial score (nSPS) is 17.9. The molecular formula is C46H48N2. The fourth-order valence-corrected chi connectivity index (χ4v) is 8.36. The number of allylic oxidation sites excluding steroid dienone is 5. The highest BCUT2D eigenvalue weighted by Crippen LogP contribution is 2.50. The maximum absolute atomic E-state index is 2.64. The first-order valence-corrected chi connectivity index (χ1v) is 17.5. The van der Waals surface area contributed by atoms with E-state index in [2.05, 4.69) is 174 Å². The summed E-state index contributed by atoms with van der Waals surface area (Å²) in [5.74, 6) is 0.466. The Morgan fingerprint density at radius 2 is 1.00 bits per heavy atom. The topological polar surface area (TPSA) is 6.48 Å². The summed E-state index contributed by atoms with van der Waals surface area (Å²) in [6.45, 7) is 18.0. The first-order chi connectivity index (χ1) is 23.0. The number of benzene rings is 5. The molecule has 5 aromatic carbocycles. The zero-order valence-electron chi connectivity index (χ0n) is 29.9. The Kier molecular flexibility index (Phi) is 8.37. The first-order valence-electron chi connectivity index (χ1n) is 17.5. The molecule has 0 amide bonds. The molecule has 48 heavy (non-hydrogen) atoms. The molecule has 2 heteroatoms. The number of anilines is 4. The Balaban J connectivity index is 1.61. The lowest BCUT2D eigenvalue weighted by Gasteiger charge is -2.38. The molecule has 0 fully saturated rings. The third-order valence-corrected chi connectivity index (χ3v) is 9.83. The molecule has 0 N–H and O–H groups in total. The Morgan fingerprint density at radius 1 is 0.521 bits per heavy atom. The number of aryl methyl sites for hydroxylation is 4. The molecule has 0 saturated carbocycles. The highest BCUT2D eigenvalue weighted by molar-refractivity contribution is 6.22. The monoisotopic (exact) mass is 628 g/mol. The van der Waals surface area contributed by atoms with Gasteiger partial charge in [0, 0.05) is 38.6 Å². The van der Waals surface area contributed by atoms with Crippen molar-refractivity contribution in [1.29, 1.82) is 0 Å². The van der Waals surface area contributed by atoms with Crippen molar-refractivity contribution in [3.8, 4) is 0 Å². The first kappa shape index (κ1) is 31.8. The van der Waals surface area contributed by atoms with Crippen LogP contribution in [0.4, 0.5) is 22.7 Å². The van der Waals surface area contributed by atoms with Crippen molar-refractivity contribution in [2.45, 2.75) is 74.3 Å². The number of nitrogens with zero attached hydrogens (tertiary/aromatic N) is 2. The van der Waals surface area contributed by atoms with Crippen molar-refractivity contribution >= 4 is 44.3 Å². The molecule has 2 nitrogen and oxygen atoms in total. The van der Waals surface area contributed by atoms with Crippen LogP contribution in [0.1, 0.15) is 62.8 Å². The molecule has 2 atom stereocenters. The zero-order chi connectivity index (χ0) is 33.7. The fourth-order valence-electron chi connectivity index (χ4n) is 8.36. The Bertz CT molecular complexity index is 2090. The minimum absolute atomic E-state index is 0.192. The van der Waals surface area contributed by atoms with Crippen LogP contribution in [-0.4, -0.2) is 6.04 Å². The lowest BCUT2D eigenvalue weighted by Crippen LogP contribution is -2.32. The summed E-state index contributed by atoms with van der Waals surface area (Å²) in [5.41, 5.74) is 15.5. The van der Waals surface area contributed by atoms with Crippen LogP contribution in [-0.2, 0) is 0 Å². The van der Waals surface area contributed by atoms with Crippen LogP contribution in [0.2, 0.25) is 0 Å². The maximum Gasteiger partial charge on any atom is 0.0619 e. The van der Waals surface area contributed by atoms with Gasteiger partial charge in [0.2, 0.25) is 0 Å². The molecule has 0 heterocycles. The van der Waals surface area contributed by atoms with E-state index in [1.807, 2.05) is 0 Å². The second-order valence-electron chi connectivity index (χ2n) is 14.6.